The van der Waals surface area contributed by atoms with Crippen molar-refractivity contribution < 1.29 is 14.0 Å². The van der Waals surface area contributed by atoms with Crippen LogP contribution in [-0.4, -0.2) is 34.4 Å². The van der Waals surface area contributed by atoms with Crippen LogP contribution in [-0.2, 0) is 17.9 Å². The van der Waals surface area contributed by atoms with E-state index in [2.05, 4.69) is 5.32 Å². The molecule has 1 spiro atoms. The van der Waals surface area contributed by atoms with E-state index >= 15 is 0 Å². The van der Waals surface area contributed by atoms with Crippen LogP contribution in [0.2, 0.25) is 0 Å². The molecule has 4 rings (SSSR count). The van der Waals surface area contributed by atoms with Crippen LogP contribution >= 0.6 is 0 Å². The maximum absolute atomic E-state index is 13.0. The van der Waals surface area contributed by atoms with Crippen LogP contribution in [0.3, 0.4) is 0 Å². The van der Waals surface area contributed by atoms with Gasteiger partial charge in [0.15, 0.2) is 0 Å². The first-order valence-electron chi connectivity index (χ1n) is 11.0. The summed E-state index contributed by atoms with van der Waals surface area (Å²) in [7, 11) is 0. The second-order valence-electron chi connectivity index (χ2n) is 8.82. The van der Waals surface area contributed by atoms with Crippen LogP contribution in [0.25, 0.3) is 0 Å². The summed E-state index contributed by atoms with van der Waals surface area (Å²) in [5.41, 5.74) is 1.03. The molecule has 7 heteroatoms. The molecule has 1 aromatic heterocycles. The molecule has 0 atom stereocenters. The SMILES string of the molecule is O=C(NCc1ccc(F)cc1)c1ccc(=O)n(CC(=O)N2CCC3(CCCCC3)C2)c1. The normalized spacial score (nSPS) is 17.6. The molecular weight excluding hydrogens is 397 g/mol. The number of benzene rings is 1. The number of nitrogens with zero attached hydrogens (tertiary/aromatic N) is 2. The van der Waals surface area contributed by atoms with Gasteiger partial charge < -0.3 is 14.8 Å². The van der Waals surface area contributed by atoms with Crippen molar-refractivity contribution in [3.8, 4) is 0 Å². The summed E-state index contributed by atoms with van der Waals surface area (Å²) in [4.78, 5) is 39.5. The van der Waals surface area contributed by atoms with E-state index in [1.54, 1.807) is 12.1 Å². The summed E-state index contributed by atoms with van der Waals surface area (Å²) >= 11 is 0. The van der Waals surface area contributed by atoms with E-state index in [1.165, 1.54) is 67.1 Å². The molecule has 1 aliphatic carbocycles. The Morgan fingerprint density at radius 2 is 1.74 bits per heavy atom. The van der Waals surface area contributed by atoms with Crippen molar-refractivity contribution in [2.45, 2.75) is 51.6 Å². The molecule has 1 aliphatic heterocycles. The van der Waals surface area contributed by atoms with Gasteiger partial charge in [0, 0.05) is 31.9 Å². The summed E-state index contributed by atoms with van der Waals surface area (Å²) in [6.45, 7) is 1.70. The van der Waals surface area contributed by atoms with Crippen molar-refractivity contribution in [3.63, 3.8) is 0 Å². The first-order chi connectivity index (χ1) is 14.9. The van der Waals surface area contributed by atoms with Crippen molar-refractivity contribution in [3.05, 3.63) is 69.9 Å². The number of carbonyl (C=O) groups is 2. The van der Waals surface area contributed by atoms with Crippen LogP contribution in [0.15, 0.2) is 47.4 Å². The van der Waals surface area contributed by atoms with Gasteiger partial charge in [-0.3, -0.25) is 14.4 Å². The number of pyridine rings is 1. The van der Waals surface area contributed by atoms with Crippen molar-refractivity contribution >= 4 is 11.8 Å². The Bertz CT molecular complexity index is 1010. The molecule has 6 nitrogen and oxygen atoms in total. The molecule has 0 radical (unpaired) electrons. The predicted octanol–water partition coefficient (Wildman–Crippen LogP) is 3.10. The number of hydrogen-bond acceptors (Lipinski definition) is 3. The topological polar surface area (TPSA) is 71.4 Å². The molecule has 1 saturated heterocycles. The Morgan fingerprint density at radius 3 is 2.48 bits per heavy atom. The molecule has 0 unspecified atom stereocenters. The van der Waals surface area contributed by atoms with Gasteiger partial charge in [0.2, 0.25) is 5.91 Å². The molecule has 2 fully saturated rings. The van der Waals surface area contributed by atoms with Crippen LogP contribution in [0.4, 0.5) is 4.39 Å². The lowest BCUT2D eigenvalue weighted by molar-refractivity contribution is -0.131. The second-order valence-corrected chi connectivity index (χ2v) is 8.82. The van der Waals surface area contributed by atoms with E-state index in [0.717, 1.165) is 25.1 Å². The molecule has 31 heavy (non-hydrogen) atoms. The number of halogens is 1. The smallest absolute Gasteiger partial charge is 0.253 e. The third kappa shape index (κ3) is 5.03. The highest BCUT2D eigenvalue weighted by molar-refractivity contribution is 5.93. The monoisotopic (exact) mass is 425 g/mol. The highest BCUT2D eigenvalue weighted by Crippen LogP contribution is 2.43. The van der Waals surface area contributed by atoms with Crippen LogP contribution in [0.1, 0.15) is 54.4 Å². The van der Waals surface area contributed by atoms with Gasteiger partial charge in [-0.1, -0.05) is 31.4 Å². The Hall–Kier alpha value is -2.96. The molecular formula is C24H28FN3O3. The zero-order valence-electron chi connectivity index (χ0n) is 17.6. The van der Waals surface area contributed by atoms with Crippen LogP contribution < -0.4 is 10.9 Å². The number of amides is 2. The fraction of sp³-hybridized carbons (Fsp3) is 0.458. The van der Waals surface area contributed by atoms with Gasteiger partial charge in [0.05, 0.1) is 5.56 Å². The first-order valence-corrected chi connectivity index (χ1v) is 11.0. The number of hydrogen-bond donors (Lipinski definition) is 1. The third-order valence-electron chi connectivity index (χ3n) is 6.62. The van der Waals surface area contributed by atoms with E-state index in [0.29, 0.717) is 5.56 Å². The second kappa shape index (κ2) is 9.04. The molecule has 2 amide bonds. The van der Waals surface area contributed by atoms with E-state index in [-0.39, 0.29) is 41.7 Å². The maximum Gasteiger partial charge on any atom is 0.253 e. The van der Waals surface area contributed by atoms with Gasteiger partial charge in [-0.2, -0.15) is 0 Å². The lowest BCUT2D eigenvalue weighted by Gasteiger charge is -2.33. The van der Waals surface area contributed by atoms with Crippen molar-refractivity contribution in [1.82, 2.24) is 14.8 Å². The summed E-state index contributed by atoms with van der Waals surface area (Å²) in [5, 5.41) is 2.76. The highest BCUT2D eigenvalue weighted by atomic mass is 19.1. The lowest BCUT2D eigenvalue weighted by Crippen LogP contribution is -2.37. The standard InChI is InChI=1S/C24H28FN3O3/c25-20-7-4-18(5-8-20)14-26-23(31)19-6-9-21(29)28(15-19)16-22(30)27-13-12-24(17-27)10-2-1-3-11-24/h4-9,15H,1-3,10-14,16-17H2,(H,26,31). The summed E-state index contributed by atoms with van der Waals surface area (Å²) in [5.74, 6) is -0.763. The molecule has 1 saturated carbocycles. The summed E-state index contributed by atoms with van der Waals surface area (Å²) < 4.78 is 14.3. The maximum atomic E-state index is 13.0. The van der Waals surface area contributed by atoms with E-state index < -0.39 is 0 Å². The summed E-state index contributed by atoms with van der Waals surface area (Å²) in [6, 6.07) is 8.64. The van der Waals surface area contributed by atoms with Gasteiger partial charge in [0.25, 0.3) is 11.5 Å². The first kappa shape index (κ1) is 21.3. The molecule has 1 aromatic carbocycles. The minimum Gasteiger partial charge on any atom is -0.348 e. The number of aromatic nitrogens is 1. The van der Waals surface area contributed by atoms with Crippen LogP contribution in [0.5, 0.6) is 0 Å². The van der Waals surface area contributed by atoms with Gasteiger partial charge in [-0.05, 0) is 48.4 Å². The van der Waals surface area contributed by atoms with E-state index in [1.807, 2.05) is 4.90 Å². The Kier molecular flexibility index (Phi) is 6.20. The quantitative estimate of drug-likeness (QED) is 0.800. The van der Waals surface area contributed by atoms with Gasteiger partial charge in [0.1, 0.15) is 12.4 Å². The molecule has 0 bridgehead atoms. The molecule has 1 N–H and O–H groups in total. The van der Waals surface area contributed by atoms with Gasteiger partial charge in [-0.25, -0.2) is 4.39 Å². The van der Waals surface area contributed by atoms with Gasteiger partial charge in [-0.15, -0.1) is 0 Å². The largest absolute Gasteiger partial charge is 0.348 e. The molecule has 2 heterocycles. The van der Waals surface area contributed by atoms with Crippen molar-refractivity contribution in [1.29, 1.82) is 0 Å². The summed E-state index contributed by atoms with van der Waals surface area (Å²) in [6.07, 6.45) is 8.58. The molecule has 164 valence electrons. The van der Waals surface area contributed by atoms with E-state index in [4.69, 9.17) is 0 Å². The van der Waals surface area contributed by atoms with Crippen LogP contribution in [0, 0.1) is 11.2 Å². The van der Waals surface area contributed by atoms with Crippen molar-refractivity contribution in [2.75, 3.05) is 13.1 Å². The average molecular weight is 426 g/mol. The Balaban J connectivity index is 1.38. The fourth-order valence-corrected chi connectivity index (χ4v) is 4.78. The van der Waals surface area contributed by atoms with Gasteiger partial charge >= 0.3 is 0 Å². The number of likely N-dealkylation sites (tertiary alicyclic amines) is 1. The minimum absolute atomic E-state index is 0.0615. The minimum atomic E-state index is -0.354. The average Bonchev–Trinajstić information content (AvgIpc) is 3.18. The number of rotatable bonds is 5. The lowest BCUT2D eigenvalue weighted by atomic mass is 9.73. The Labute approximate surface area is 181 Å². The zero-order chi connectivity index (χ0) is 21.8. The van der Waals surface area contributed by atoms with E-state index in [9.17, 15) is 18.8 Å². The fourth-order valence-electron chi connectivity index (χ4n) is 4.78. The highest BCUT2D eigenvalue weighted by Gasteiger charge is 2.40. The predicted molar refractivity (Wildman–Crippen MR) is 115 cm³/mol. The Morgan fingerprint density at radius 1 is 1.00 bits per heavy atom. The third-order valence-corrected chi connectivity index (χ3v) is 6.62. The molecule has 2 aromatic rings. The number of carbonyl (C=O) groups excluding carboxylic acids is 2. The molecule has 2 aliphatic rings. The number of nitrogens with one attached hydrogen (secondary N) is 1. The van der Waals surface area contributed by atoms with Crippen molar-refractivity contribution in [2.24, 2.45) is 5.41 Å². The zero-order valence-corrected chi connectivity index (χ0v) is 17.6.